The minimum atomic E-state index is 0.0194. The predicted molar refractivity (Wildman–Crippen MR) is 133 cm³/mol. The third kappa shape index (κ3) is 22.2. The van der Waals surface area contributed by atoms with E-state index in [9.17, 15) is 4.79 Å². The van der Waals surface area contributed by atoms with Crippen molar-refractivity contribution in [3.05, 3.63) is 0 Å². The van der Waals surface area contributed by atoms with E-state index in [1.165, 1.54) is 116 Å². The van der Waals surface area contributed by atoms with Gasteiger partial charge in [0.05, 0.1) is 6.61 Å². The van der Waals surface area contributed by atoms with Crippen molar-refractivity contribution in [1.82, 2.24) is 0 Å². The molecule has 0 saturated heterocycles. The van der Waals surface area contributed by atoms with Gasteiger partial charge < -0.3 is 4.74 Å². The van der Waals surface area contributed by atoms with E-state index in [-0.39, 0.29) is 5.97 Å². The maximum atomic E-state index is 11.9. The van der Waals surface area contributed by atoms with Crippen LogP contribution in [0.1, 0.15) is 162 Å². The van der Waals surface area contributed by atoms with Crippen LogP contribution in [-0.2, 0) is 9.53 Å². The molecule has 0 aliphatic rings. The van der Waals surface area contributed by atoms with Crippen LogP contribution in [0.15, 0.2) is 0 Å². The van der Waals surface area contributed by atoms with Gasteiger partial charge in [-0.2, -0.15) is 0 Å². The minimum absolute atomic E-state index is 0.0194. The molecule has 1 atom stereocenters. The number of hydrogen-bond acceptors (Lipinski definition) is 2. The van der Waals surface area contributed by atoms with Crippen molar-refractivity contribution in [3.8, 4) is 0 Å². The molecule has 30 heavy (non-hydrogen) atoms. The van der Waals surface area contributed by atoms with Gasteiger partial charge in [0.1, 0.15) is 0 Å². The van der Waals surface area contributed by atoms with Gasteiger partial charge in [0.2, 0.25) is 0 Å². The Morgan fingerprint density at radius 1 is 0.533 bits per heavy atom. The zero-order valence-corrected chi connectivity index (χ0v) is 21.2. The normalized spacial score (nSPS) is 12.2. The molecule has 0 spiro atoms. The lowest BCUT2D eigenvalue weighted by molar-refractivity contribution is -0.145. The van der Waals surface area contributed by atoms with Crippen molar-refractivity contribution in [2.24, 2.45) is 5.92 Å². The first-order chi connectivity index (χ1) is 14.7. The van der Waals surface area contributed by atoms with Crippen molar-refractivity contribution < 1.29 is 9.53 Å². The molecule has 0 saturated carbocycles. The first-order valence-corrected chi connectivity index (χ1v) is 13.9. The molecule has 2 heteroatoms. The van der Waals surface area contributed by atoms with Gasteiger partial charge in [-0.25, -0.2) is 0 Å². The summed E-state index contributed by atoms with van der Waals surface area (Å²) in [6, 6.07) is 0. The molecule has 0 aliphatic heterocycles. The van der Waals surface area contributed by atoms with Crippen LogP contribution in [0.3, 0.4) is 0 Å². The molecular weight excluding hydrogens is 368 g/mol. The predicted octanol–water partition coefficient (Wildman–Crippen LogP) is 9.79. The molecular formula is C28H56O2. The largest absolute Gasteiger partial charge is 0.465 e. The molecule has 0 fully saturated rings. The summed E-state index contributed by atoms with van der Waals surface area (Å²) >= 11 is 0. The smallest absolute Gasteiger partial charge is 0.305 e. The Morgan fingerprint density at radius 3 is 1.43 bits per heavy atom. The highest BCUT2D eigenvalue weighted by Crippen LogP contribution is 2.19. The molecule has 1 unspecified atom stereocenters. The Kier molecular flexibility index (Phi) is 24.3. The van der Waals surface area contributed by atoms with Gasteiger partial charge in [-0.15, -0.1) is 0 Å². The zero-order valence-electron chi connectivity index (χ0n) is 21.2. The van der Waals surface area contributed by atoms with Gasteiger partial charge in [0.25, 0.3) is 0 Å². The van der Waals surface area contributed by atoms with Gasteiger partial charge in [0.15, 0.2) is 0 Å². The molecule has 0 bridgehead atoms. The van der Waals surface area contributed by atoms with Crippen LogP contribution in [0.25, 0.3) is 0 Å². The Balaban J connectivity index is 3.57. The van der Waals surface area contributed by atoms with Crippen LogP contribution in [0.2, 0.25) is 0 Å². The third-order valence-corrected chi connectivity index (χ3v) is 6.40. The first kappa shape index (κ1) is 29.5. The number of hydrogen-bond donors (Lipinski definition) is 0. The van der Waals surface area contributed by atoms with Crippen LogP contribution in [0.4, 0.5) is 0 Å². The highest BCUT2D eigenvalue weighted by atomic mass is 16.5. The van der Waals surface area contributed by atoms with E-state index in [2.05, 4.69) is 20.8 Å². The SMILES string of the molecule is CCCCCCCCCCCCCCCCC(CCCC)COC(=O)CCCCC. The molecule has 0 aromatic carbocycles. The average molecular weight is 425 g/mol. The fourth-order valence-corrected chi connectivity index (χ4v) is 4.23. The van der Waals surface area contributed by atoms with Gasteiger partial charge >= 0.3 is 5.97 Å². The van der Waals surface area contributed by atoms with Gasteiger partial charge in [0, 0.05) is 6.42 Å². The molecule has 0 amide bonds. The summed E-state index contributed by atoms with van der Waals surface area (Å²) in [6.45, 7) is 7.37. The van der Waals surface area contributed by atoms with Gasteiger partial charge in [-0.1, -0.05) is 136 Å². The standard InChI is InChI=1S/C28H56O2/c1-4-7-10-11-12-13-14-15-16-17-18-19-20-22-24-27(23-9-6-3)26-30-28(29)25-21-8-5-2/h27H,4-26H2,1-3H3. The average Bonchev–Trinajstić information content (AvgIpc) is 2.75. The van der Waals surface area contributed by atoms with Crippen molar-refractivity contribution in [1.29, 1.82) is 0 Å². The lowest BCUT2D eigenvalue weighted by Crippen LogP contribution is -2.14. The first-order valence-electron chi connectivity index (χ1n) is 13.9. The zero-order chi connectivity index (χ0) is 22.1. The summed E-state index contributed by atoms with van der Waals surface area (Å²) in [5.41, 5.74) is 0. The maximum Gasteiger partial charge on any atom is 0.305 e. The van der Waals surface area contributed by atoms with Gasteiger partial charge in [-0.3, -0.25) is 4.79 Å². The van der Waals surface area contributed by atoms with E-state index in [1.54, 1.807) is 0 Å². The summed E-state index contributed by atoms with van der Waals surface area (Å²) in [7, 11) is 0. The quantitative estimate of drug-likeness (QED) is 0.114. The summed E-state index contributed by atoms with van der Waals surface area (Å²) in [6.07, 6.45) is 28.6. The highest BCUT2D eigenvalue weighted by molar-refractivity contribution is 5.69. The second kappa shape index (κ2) is 24.7. The van der Waals surface area contributed by atoms with E-state index in [4.69, 9.17) is 4.74 Å². The van der Waals surface area contributed by atoms with E-state index in [1.807, 2.05) is 0 Å². The van der Waals surface area contributed by atoms with Crippen LogP contribution in [0.5, 0.6) is 0 Å². The minimum Gasteiger partial charge on any atom is -0.465 e. The second-order valence-electron chi connectivity index (χ2n) is 9.53. The van der Waals surface area contributed by atoms with Crippen molar-refractivity contribution in [2.45, 2.75) is 162 Å². The van der Waals surface area contributed by atoms with Crippen molar-refractivity contribution in [2.75, 3.05) is 6.61 Å². The van der Waals surface area contributed by atoms with Crippen LogP contribution in [0, 0.1) is 5.92 Å². The third-order valence-electron chi connectivity index (χ3n) is 6.40. The molecule has 0 aromatic heterocycles. The summed E-state index contributed by atoms with van der Waals surface area (Å²) in [5, 5.41) is 0. The summed E-state index contributed by atoms with van der Waals surface area (Å²) < 4.78 is 5.58. The highest BCUT2D eigenvalue weighted by Gasteiger charge is 2.11. The molecule has 0 radical (unpaired) electrons. The van der Waals surface area contributed by atoms with E-state index >= 15 is 0 Å². The Morgan fingerprint density at radius 2 is 0.933 bits per heavy atom. The van der Waals surface area contributed by atoms with Crippen LogP contribution < -0.4 is 0 Å². The van der Waals surface area contributed by atoms with Crippen LogP contribution in [-0.4, -0.2) is 12.6 Å². The van der Waals surface area contributed by atoms with Crippen molar-refractivity contribution in [3.63, 3.8) is 0 Å². The van der Waals surface area contributed by atoms with Crippen LogP contribution >= 0.6 is 0 Å². The maximum absolute atomic E-state index is 11.9. The molecule has 0 rings (SSSR count). The molecule has 0 N–H and O–H groups in total. The molecule has 0 aliphatic carbocycles. The number of unbranched alkanes of at least 4 members (excludes halogenated alkanes) is 16. The van der Waals surface area contributed by atoms with Gasteiger partial charge in [-0.05, 0) is 25.2 Å². The van der Waals surface area contributed by atoms with Crippen molar-refractivity contribution >= 4 is 5.97 Å². The second-order valence-corrected chi connectivity index (χ2v) is 9.53. The molecule has 180 valence electrons. The Bertz CT molecular complexity index is 340. The molecule has 0 aromatic rings. The summed E-state index contributed by atoms with van der Waals surface area (Å²) in [5.74, 6) is 0.600. The molecule has 0 heterocycles. The lowest BCUT2D eigenvalue weighted by atomic mass is 9.95. The number of esters is 1. The number of carbonyl (C=O) groups is 1. The number of ether oxygens (including phenoxy) is 1. The summed E-state index contributed by atoms with van der Waals surface area (Å²) in [4.78, 5) is 11.9. The number of carbonyl (C=O) groups excluding carboxylic acids is 1. The van der Waals surface area contributed by atoms with E-state index in [0.717, 1.165) is 19.3 Å². The Labute approximate surface area is 190 Å². The number of rotatable bonds is 24. The van der Waals surface area contributed by atoms with E-state index in [0.29, 0.717) is 18.9 Å². The van der Waals surface area contributed by atoms with E-state index < -0.39 is 0 Å². The lowest BCUT2D eigenvalue weighted by Gasteiger charge is -2.17. The fraction of sp³-hybridized carbons (Fsp3) is 0.964. The fourth-order valence-electron chi connectivity index (χ4n) is 4.23. The Hall–Kier alpha value is -0.530. The molecule has 2 nitrogen and oxygen atoms in total. The topological polar surface area (TPSA) is 26.3 Å². The monoisotopic (exact) mass is 424 g/mol.